The van der Waals surface area contributed by atoms with E-state index in [9.17, 15) is 4.79 Å². The van der Waals surface area contributed by atoms with Crippen molar-refractivity contribution in [3.05, 3.63) is 113 Å². The molecule has 0 spiro atoms. The summed E-state index contributed by atoms with van der Waals surface area (Å²) < 4.78 is 22.0. The van der Waals surface area contributed by atoms with Crippen molar-refractivity contribution in [2.24, 2.45) is 0 Å². The molecule has 0 aliphatic carbocycles. The second-order valence-corrected chi connectivity index (χ2v) is 9.45. The number of aliphatic hydroxyl groups excluding tert-OH is 1. The molecule has 0 heterocycles. The van der Waals surface area contributed by atoms with Gasteiger partial charge in [-0.15, -0.1) is 0 Å². The lowest BCUT2D eigenvalue weighted by Gasteiger charge is -2.24. The van der Waals surface area contributed by atoms with E-state index in [-0.39, 0.29) is 6.29 Å². The Balaban J connectivity index is 1.46. The van der Waals surface area contributed by atoms with Crippen LogP contribution in [-0.4, -0.2) is 29.8 Å². The molecule has 3 rings (SSSR count). The van der Waals surface area contributed by atoms with Crippen molar-refractivity contribution >= 4 is 24.4 Å². The Morgan fingerprint density at radius 1 is 0.821 bits per heavy atom. The molecule has 0 amide bonds. The summed E-state index contributed by atoms with van der Waals surface area (Å²) in [5, 5.41) is 8.87. The number of carbonyl (C=O) groups excluding carboxylic acids is 1. The summed E-state index contributed by atoms with van der Waals surface area (Å²) in [4.78, 5) is 12.4. The van der Waals surface area contributed by atoms with Crippen LogP contribution in [0.2, 0.25) is 0 Å². The number of hydrogen-bond acceptors (Lipinski definition) is 6. The maximum absolute atomic E-state index is 12.4. The molecule has 0 saturated heterocycles. The zero-order valence-electron chi connectivity index (χ0n) is 22.9. The van der Waals surface area contributed by atoms with Crippen LogP contribution in [0.3, 0.4) is 0 Å². The minimum Gasteiger partial charge on any atom is -0.516 e. The molecular formula is C33H36O6. The smallest absolute Gasteiger partial charge is 0.514 e. The SMILES string of the molecule is CCOC(C)Oc1ccc(C=CC=Cc2ccc(OC(=O)OC(C)(C)Cc3ccc(C=CO)cc3)cc2)cc1. The summed E-state index contributed by atoms with van der Waals surface area (Å²) in [5.74, 6) is 1.17. The molecule has 0 aliphatic rings. The molecule has 3 aromatic carbocycles. The molecule has 0 fully saturated rings. The molecule has 0 radical (unpaired) electrons. The van der Waals surface area contributed by atoms with Gasteiger partial charge in [-0.3, -0.25) is 0 Å². The Morgan fingerprint density at radius 2 is 1.33 bits per heavy atom. The van der Waals surface area contributed by atoms with Crippen LogP contribution in [0.4, 0.5) is 4.79 Å². The molecule has 0 aliphatic heterocycles. The number of rotatable bonds is 12. The summed E-state index contributed by atoms with van der Waals surface area (Å²) in [7, 11) is 0. The molecule has 3 aromatic rings. The van der Waals surface area contributed by atoms with Crippen molar-refractivity contribution in [2.45, 2.75) is 46.0 Å². The van der Waals surface area contributed by atoms with Gasteiger partial charge < -0.3 is 24.1 Å². The number of carbonyl (C=O) groups is 1. The standard InChI is InChI=1S/C33H36O6/c1-5-36-25(2)37-30-18-14-26(15-19-30)8-6-7-9-27-16-20-31(21-17-27)38-32(35)39-33(3,4)24-29-12-10-28(11-13-29)22-23-34/h6-23,25,34H,5,24H2,1-4H3. The van der Waals surface area contributed by atoms with Crippen LogP contribution in [0.25, 0.3) is 18.2 Å². The second-order valence-electron chi connectivity index (χ2n) is 9.45. The molecule has 1 unspecified atom stereocenters. The van der Waals surface area contributed by atoms with E-state index in [1.807, 2.05) is 113 Å². The van der Waals surface area contributed by atoms with Gasteiger partial charge in [0, 0.05) is 13.0 Å². The fourth-order valence-corrected chi connectivity index (χ4v) is 3.80. The quantitative estimate of drug-likeness (QED) is 0.0839. The first-order valence-corrected chi connectivity index (χ1v) is 12.9. The second kappa shape index (κ2) is 14.6. The van der Waals surface area contributed by atoms with Crippen molar-refractivity contribution in [2.75, 3.05) is 6.61 Å². The van der Waals surface area contributed by atoms with Crippen molar-refractivity contribution in [1.29, 1.82) is 0 Å². The van der Waals surface area contributed by atoms with Gasteiger partial charge >= 0.3 is 6.16 Å². The third-order valence-corrected chi connectivity index (χ3v) is 5.59. The lowest BCUT2D eigenvalue weighted by molar-refractivity contribution is -0.0613. The first kappa shape index (κ1) is 29.3. The van der Waals surface area contributed by atoms with Gasteiger partial charge in [0.2, 0.25) is 0 Å². The zero-order chi connectivity index (χ0) is 28.1. The van der Waals surface area contributed by atoms with Crippen molar-refractivity contribution in [1.82, 2.24) is 0 Å². The highest BCUT2D eigenvalue weighted by Gasteiger charge is 2.25. The van der Waals surface area contributed by atoms with Crippen LogP contribution in [0, 0.1) is 0 Å². The van der Waals surface area contributed by atoms with Crippen LogP contribution in [-0.2, 0) is 15.9 Å². The van der Waals surface area contributed by atoms with Gasteiger partial charge in [-0.2, -0.15) is 0 Å². The van der Waals surface area contributed by atoms with Crippen LogP contribution < -0.4 is 9.47 Å². The van der Waals surface area contributed by atoms with E-state index in [4.69, 9.17) is 24.1 Å². The molecule has 1 N–H and O–H groups in total. The van der Waals surface area contributed by atoms with Crippen molar-refractivity contribution in [3.63, 3.8) is 0 Å². The topological polar surface area (TPSA) is 74.2 Å². The molecule has 6 nitrogen and oxygen atoms in total. The number of allylic oxidation sites excluding steroid dienone is 2. The monoisotopic (exact) mass is 528 g/mol. The Bertz CT molecular complexity index is 1250. The fraction of sp³-hybridized carbons (Fsp3) is 0.242. The highest BCUT2D eigenvalue weighted by molar-refractivity contribution is 5.65. The molecular weight excluding hydrogens is 492 g/mol. The summed E-state index contributed by atoms with van der Waals surface area (Å²) >= 11 is 0. The van der Waals surface area contributed by atoms with Crippen LogP contribution in [0.5, 0.6) is 11.5 Å². The van der Waals surface area contributed by atoms with Gasteiger partial charge in [-0.25, -0.2) is 4.79 Å². The van der Waals surface area contributed by atoms with Gasteiger partial charge in [-0.05, 0) is 80.3 Å². The summed E-state index contributed by atoms with van der Waals surface area (Å²) in [6.45, 7) is 8.09. The van der Waals surface area contributed by atoms with Gasteiger partial charge in [0.15, 0.2) is 6.29 Å². The number of ether oxygens (including phenoxy) is 4. The van der Waals surface area contributed by atoms with E-state index >= 15 is 0 Å². The van der Waals surface area contributed by atoms with E-state index in [1.54, 1.807) is 18.2 Å². The van der Waals surface area contributed by atoms with E-state index < -0.39 is 11.8 Å². The third-order valence-electron chi connectivity index (χ3n) is 5.59. The Labute approximate surface area is 230 Å². The summed E-state index contributed by atoms with van der Waals surface area (Å²) in [6, 6.07) is 22.6. The maximum atomic E-state index is 12.4. The molecule has 0 bridgehead atoms. The fourth-order valence-electron chi connectivity index (χ4n) is 3.80. The number of benzene rings is 3. The van der Waals surface area contributed by atoms with Crippen LogP contribution in [0.15, 0.2) is 91.2 Å². The van der Waals surface area contributed by atoms with Gasteiger partial charge in [0.05, 0.1) is 6.26 Å². The lowest BCUT2D eigenvalue weighted by atomic mass is 9.97. The van der Waals surface area contributed by atoms with E-state index in [1.165, 1.54) is 0 Å². The molecule has 39 heavy (non-hydrogen) atoms. The molecule has 0 aromatic heterocycles. The molecule has 6 heteroatoms. The summed E-state index contributed by atoms with van der Waals surface area (Å²) in [5.41, 5.74) is 3.16. The van der Waals surface area contributed by atoms with Crippen LogP contribution >= 0.6 is 0 Å². The zero-order valence-corrected chi connectivity index (χ0v) is 22.9. The first-order valence-electron chi connectivity index (χ1n) is 12.9. The van der Waals surface area contributed by atoms with Gasteiger partial charge in [0.25, 0.3) is 0 Å². The Morgan fingerprint density at radius 3 is 1.87 bits per heavy atom. The van der Waals surface area contributed by atoms with E-state index in [0.717, 1.165) is 34.3 Å². The first-order chi connectivity index (χ1) is 18.8. The molecule has 0 saturated carbocycles. The van der Waals surface area contributed by atoms with E-state index in [2.05, 4.69) is 0 Å². The maximum Gasteiger partial charge on any atom is 0.514 e. The molecule has 204 valence electrons. The highest BCUT2D eigenvalue weighted by Crippen LogP contribution is 2.21. The predicted octanol–water partition coefficient (Wildman–Crippen LogP) is 8.24. The highest BCUT2D eigenvalue weighted by atomic mass is 16.7. The van der Waals surface area contributed by atoms with Crippen molar-refractivity contribution < 1.29 is 28.8 Å². The average Bonchev–Trinajstić information content (AvgIpc) is 2.89. The lowest BCUT2D eigenvalue weighted by Crippen LogP contribution is -2.32. The molecule has 1 atom stereocenters. The average molecular weight is 529 g/mol. The van der Waals surface area contributed by atoms with Crippen LogP contribution in [0.1, 0.15) is 49.9 Å². The van der Waals surface area contributed by atoms with Gasteiger partial charge in [-0.1, -0.05) is 72.8 Å². The Kier molecular flexibility index (Phi) is 11.0. The number of aliphatic hydroxyl groups is 1. The predicted molar refractivity (Wildman–Crippen MR) is 156 cm³/mol. The number of hydrogen-bond donors (Lipinski definition) is 1. The Hall–Kier alpha value is -4.29. The third kappa shape index (κ3) is 10.5. The minimum atomic E-state index is -0.755. The van der Waals surface area contributed by atoms with Crippen molar-refractivity contribution in [3.8, 4) is 11.5 Å². The summed E-state index contributed by atoms with van der Waals surface area (Å²) in [6.07, 6.45) is 9.96. The van der Waals surface area contributed by atoms with E-state index in [0.29, 0.717) is 18.8 Å². The largest absolute Gasteiger partial charge is 0.516 e. The normalized spacial score (nSPS) is 12.7. The minimum absolute atomic E-state index is 0.279. The van der Waals surface area contributed by atoms with Gasteiger partial charge in [0.1, 0.15) is 17.1 Å².